The van der Waals surface area contributed by atoms with Crippen LogP contribution in [0.2, 0.25) is 0 Å². The standard InChI is InChI=1S/C8H9N3O3/c12-7(13)2-3-9-8(14)6-1-4-10-11-5-6/h1,4-5H,2-3H2,(H,9,14)(H,12,13). The van der Waals surface area contributed by atoms with Crippen molar-refractivity contribution in [3.05, 3.63) is 24.0 Å². The topological polar surface area (TPSA) is 92.2 Å². The fraction of sp³-hybridized carbons (Fsp3) is 0.250. The highest BCUT2D eigenvalue weighted by Crippen LogP contribution is 1.92. The van der Waals surface area contributed by atoms with Crippen LogP contribution in [-0.4, -0.2) is 33.7 Å². The Morgan fingerprint density at radius 1 is 1.43 bits per heavy atom. The summed E-state index contributed by atoms with van der Waals surface area (Å²) in [7, 11) is 0. The van der Waals surface area contributed by atoms with Crippen LogP contribution in [0.25, 0.3) is 0 Å². The van der Waals surface area contributed by atoms with Gasteiger partial charge in [0, 0.05) is 6.54 Å². The van der Waals surface area contributed by atoms with Crippen molar-refractivity contribution < 1.29 is 14.7 Å². The molecule has 74 valence electrons. The zero-order chi connectivity index (χ0) is 10.4. The van der Waals surface area contributed by atoms with Crippen molar-refractivity contribution in [2.45, 2.75) is 6.42 Å². The van der Waals surface area contributed by atoms with Crippen molar-refractivity contribution in [2.75, 3.05) is 6.54 Å². The Morgan fingerprint density at radius 3 is 2.79 bits per heavy atom. The van der Waals surface area contributed by atoms with E-state index in [-0.39, 0.29) is 18.9 Å². The second kappa shape index (κ2) is 4.90. The lowest BCUT2D eigenvalue weighted by Crippen LogP contribution is -2.26. The molecular formula is C8H9N3O3. The Balaban J connectivity index is 2.40. The fourth-order valence-electron chi connectivity index (χ4n) is 0.810. The molecule has 1 rings (SSSR count). The number of nitrogens with one attached hydrogen (secondary N) is 1. The van der Waals surface area contributed by atoms with Gasteiger partial charge in [-0.15, -0.1) is 0 Å². The molecule has 6 nitrogen and oxygen atoms in total. The van der Waals surface area contributed by atoms with E-state index in [0.29, 0.717) is 5.56 Å². The van der Waals surface area contributed by atoms with Crippen LogP contribution in [0.15, 0.2) is 18.5 Å². The summed E-state index contributed by atoms with van der Waals surface area (Å²) in [4.78, 5) is 21.4. The van der Waals surface area contributed by atoms with Gasteiger partial charge in [0.15, 0.2) is 0 Å². The number of rotatable bonds is 4. The van der Waals surface area contributed by atoms with Crippen LogP contribution >= 0.6 is 0 Å². The molecule has 0 saturated carbocycles. The van der Waals surface area contributed by atoms with Gasteiger partial charge in [0.1, 0.15) is 0 Å². The van der Waals surface area contributed by atoms with Gasteiger partial charge in [-0.1, -0.05) is 0 Å². The van der Waals surface area contributed by atoms with Gasteiger partial charge in [-0.25, -0.2) is 0 Å². The molecule has 0 aromatic carbocycles. The summed E-state index contributed by atoms with van der Waals surface area (Å²) in [6.45, 7) is 0.108. The zero-order valence-corrected chi connectivity index (χ0v) is 7.30. The third-order valence-corrected chi connectivity index (χ3v) is 1.47. The number of aromatic nitrogens is 2. The van der Waals surface area contributed by atoms with Gasteiger partial charge in [-0.2, -0.15) is 10.2 Å². The number of carboxylic acids is 1. The lowest BCUT2D eigenvalue weighted by molar-refractivity contribution is -0.136. The van der Waals surface area contributed by atoms with Crippen LogP contribution in [0, 0.1) is 0 Å². The normalized spacial score (nSPS) is 9.43. The fourth-order valence-corrected chi connectivity index (χ4v) is 0.810. The predicted octanol–water partition coefficient (Wildman–Crippen LogP) is -0.319. The van der Waals surface area contributed by atoms with Gasteiger partial charge in [-0.05, 0) is 6.07 Å². The molecular weight excluding hydrogens is 186 g/mol. The average Bonchev–Trinajstić information content (AvgIpc) is 2.18. The lowest BCUT2D eigenvalue weighted by Gasteiger charge is -2.01. The Kier molecular flexibility index (Phi) is 3.54. The summed E-state index contributed by atoms with van der Waals surface area (Å²) in [5.74, 6) is -1.29. The number of amides is 1. The first-order chi connectivity index (χ1) is 6.70. The molecule has 1 aromatic heterocycles. The van der Waals surface area contributed by atoms with Crippen LogP contribution in [0.3, 0.4) is 0 Å². The molecule has 0 aliphatic carbocycles. The highest BCUT2D eigenvalue weighted by atomic mass is 16.4. The minimum atomic E-state index is -0.946. The van der Waals surface area contributed by atoms with E-state index in [9.17, 15) is 9.59 Å². The maximum absolute atomic E-state index is 11.3. The first-order valence-electron chi connectivity index (χ1n) is 3.97. The van der Waals surface area contributed by atoms with Crippen molar-refractivity contribution in [3.8, 4) is 0 Å². The average molecular weight is 195 g/mol. The van der Waals surface area contributed by atoms with Crippen LogP contribution < -0.4 is 5.32 Å². The van der Waals surface area contributed by atoms with E-state index in [0.717, 1.165) is 0 Å². The smallest absolute Gasteiger partial charge is 0.305 e. The molecule has 0 saturated heterocycles. The molecule has 0 aliphatic heterocycles. The Bertz CT molecular complexity index is 326. The van der Waals surface area contributed by atoms with Gasteiger partial charge < -0.3 is 10.4 Å². The third-order valence-electron chi connectivity index (χ3n) is 1.47. The monoisotopic (exact) mass is 195 g/mol. The van der Waals surface area contributed by atoms with E-state index in [1.807, 2.05) is 0 Å². The molecule has 0 spiro atoms. The quantitative estimate of drug-likeness (QED) is 0.687. The SMILES string of the molecule is O=C(O)CCNC(=O)c1ccnnc1. The zero-order valence-electron chi connectivity index (χ0n) is 7.30. The van der Waals surface area contributed by atoms with E-state index >= 15 is 0 Å². The molecule has 1 aromatic rings. The largest absolute Gasteiger partial charge is 0.481 e. The van der Waals surface area contributed by atoms with Crippen LogP contribution in [-0.2, 0) is 4.79 Å². The van der Waals surface area contributed by atoms with Gasteiger partial charge in [0.2, 0.25) is 0 Å². The molecule has 0 bridgehead atoms. The molecule has 0 atom stereocenters. The van der Waals surface area contributed by atoms with Crippen molar-refractivity contribution in [1.29, 1.82) is 0 Å². The van der Waals surface area contributed by atoms with E-state index < -0.39 is 5.97 Å². The minimum absolute atomic E-state index is 0.0930. The minimum Gasteiger partial charge on any atom is -0.481 e. The van der Waals surface area contributed by atoms with E-state index in [1.165, 1.54) is 18.5 Å². The van der Waals surface area contributed by atoms with Gasteiger partial charge in [0.05, 0.1) is 24.4 Å². The van der Waals surface area contributed by atoms with Gasteiger partial charge in [-0.3, -0.25) is 9.59 Å². The molecule has 0 aliphatic rings. The summed E-state index contributed by atoms with van der Waals surface area (Å²) < 4.78 is 0. The molecule has 1 amide bonds. The van der Waals surface area contributed by atoms with Gasteiger partial charge in [0.25, 0.3) is 5.91 Å². The molecule has 0 unspecified atom stereocenters. The predicted molar refractivity (Wildman–Crippen MR) is 46.6 cm³/mol. The Hall–Kier alpha value is -1.98. The van der Waals surface area contributed by atoms with Crippen molar-refractivity contribution in [1.82, 2.24) is 15.5 Å². The summed E-state index contributed by atoms with van der Waals surface area (Å²) in [6.07, 6.45) is 2.62. The number of nitrogens with zero attached hydrogens (tertiary/aromatic N) is 2. The maximum atomic E-state index is 11.3. The first-order valence-corrected chi connectivity index (χ1v) is 3.97. The summed E-state index contributed by atoms with van der Waals surface area (Å²) >= 11 is 0. The second-order valence-corrected chi connectivity index (χ2v) is 2.53. The number of hydrogen-bond donors (Lipinski definition) is 2. The van der Waals surface area contributed by atoms with Gasteiger partial charge >= 0.3 is 5.97 Å². The number of carbonyl (C=O) groups is 2. The second-order valence-electron chi connectivity index (χ2n) is 2.53. The highest BCUT2D eigenvalue weighted by Gasteiger charge is 2.05. The molecule has 0 radical (unpaired) electrons. The van der Waals surface area contributed by atoms with Crippen molar-refractivity contribution in [2.24, 2.45) is 0 Å². The number of hydrogen-bond acceptors (Lipinski definition) is 4. The summed E-state index contributed by atoms with van der Waals surface area (Å²) in [6, 6.07) is 1.50. The molecule has 0 fully saturated rings. The van der Waals surface area contributed by atoms with Crippen molar-refractivity contribution >= 4 is 11.9 Å². The number of carbonyl (C=O) groups excluding carboxylic acids is 1. The Labute approximate surface area is 80.0 Å². The first kappa shape index (κ1) is 10.1. The van der Waals surface area contributed by atoms with Crippen LogP contribution in [0.5, 0.6) is 0 Å². The molecule has 1 heterocycles. The molecule has 2 N–H and O–H groups in total. The van der Waals surface area contributed by atoms with E-state index in [1.54, 1.807) is 0 Å². The summed E-state index contributed by atoms with van der Waals surface area (Å²) in [5, 5.41) is 17.8. The molecule has 14 heavy (non-hydrogen) atoms. The lowest BCUT2D eigenvalue weighted by atomic mass is 10.3. The number of aliphatic carboxylic acids is 1. The van der Waals surface area contributed by atoms with E-state index in [2.05, 4.69) is 15.5 Å². The van der Waals surface area contributed by atoms with Crippen molar-refractivity contribution in [3.63, 3.8) is 0 Å². The molecule has 6 heteroatoms. The maximum Gasteiger partial charge on any atom is 0.305 e. The van der Waals surface area contributed by atoms with Crippen LogP contribution in [0.4, 0.5) is 0 Å². The third kappa shape index (κ3) is 3.18. The summed E-state index contributed by atoms with van der Waals surface area (Å²) in [5.41, 5.74) is 0.366. The Morgan fingerprint density at radius 2 is 2.21 bits per heavy atom. The highest BCUT2D eigenvalue weighted by molar-refractivity contribution is 5.93. The van der Waals surface area contributed by atoms with E-state index in [4.69, 9.17) is 5.11 Å². The number of carboxylic acid groups (broad SMARTS) is 1. The van der Waals surface area contributed by atoms with Crippen LogP contribution in [0.1, 0.15) is 16.8 Å².